The lowest BCUT2D eigenvalue weighted by Crippen LogP contribution is -2.42. The average Bonchev–Trinajstić information content (AvgIpc) is 2.60. The summed E-state index contributed by atoms with van der Waals surface area (Å²) >= 11 is 5.82. The molecular weight excluding hydrogens is 383 g/mol. The Morgan fingerprint density at radius 3 is 2.81 bits per heavy atom. The Hall–Kier alpha value is -2.35. The van der Waals surface area contributed by atoms with Crippen molar-refractivity contribution in [1.29, 1.82) is 0 Å². The number of rotatable bonds is 3. The predicted molar refractivity (Wildman–Crippen MR) is 93.5 cm³/mol. The summed E-state index contributed by atoms with van der Waals surface area (Å²) in [6, 6.07) is 4.92. The minimum absolute atomic E-state index is 0.0772. The van der Waals surface area contributed by atoms with Gasteiger partial charge in [-0.15, -0.1) is 11.6 Å². The highest BCUT2D eigenvalue weighted by Crippen LogP contribution is 2.29. The molecule has 0 fully saturated rings. The van der Waals surface area contributed by atoms with Crippen molar-refractivity contribution >= 4 is 17.5 Å². The summed E-state index contributed by atoms with van der Waals surface area (Å²) in [7, 11) is 0. The van der Waals surface area contributed by atoms with E-state index in [2.05, 4.69) is 9.97 Å². The standard InChI is InChI=1S/C18H17ClF3N3O2/c1-10(19)17(27)25-6-5-14-13(9-25)16(26)24-15(23-14)8-11-3-2-4-12(7-11)18(20,21)22/h2-4,7,10H,5-6,8-9H2,1H3,(H,23,24,26)/t10-/m1/s1. The van der Waals surface area contributed by atoms with Gasteiger partial charge in [0.05, 0.1) is 23.4 Å². The molecule has 1 atom stereocenters. The average molecular weight is 400 g/mol. The number of nitrogens with zero attached hydrogens (tertiary/aromatic N) is 2. The van der Waals surface area contributed by atoms with E-state index in [1.54, 1.807) is 13.0 Å². The van der Waals surface area contributed by atoms with Gasteiger partial charge in [0.1, 0.15) is 11.2 Å². The van der Waals surface area contributed by atoms with Crippen LogP contribution in [-0.4, -0.2) is 32.7 Å². The largest absolute Gasteiger partial charge is 0.416 e. The third-order valence-electron chi connectivity index (χ3n) is 4.40. The van der Waals surface area contributed by atoms with Crippen LogP contribution in [0.25, 0.3) is 0 Å². The Kier molecular flexibility index (Phi) is 5.28. The molecule has 1 aromatic heterocycles. The molecule has 1 aliphatic heterocycles. The molecule has 1 amide bonds. The van der Waals surface area contributed by atoms with E-state index in [1.807, 2.05) is 0 Å². The fourth-order valence-electron chi connectivity index (χ4n) is 3.05. The lowest BCUT2D eigenvalue weighted by Gasteiger charge is -2.28. The Morgan fingerprint density at radius 1 is 1.41 bits per heavy atom. The van der Waals surface area contributed by atoms with Gasteiger partial charge in [0.2, 0.25) is 5.91 Å². The minimum Gasteiger partial charge on any atom is -0.336 e. The zero-order valence-corrected chi connectivity index (χ0v) is 15.2. The van der Waals surface area contributed by atoms with Crippen molar-refractivity contribution in [2.24, 2.45) is 0 Å². The van der Waals surface area contributed by atoms with Crippen LogP contribution in [0.3, 0.4) is 0 Å². The van der Waals surface area contributed by atoms with Gasteiger partial charge in [-0.1, -0.05) is 18.2 Å². The normalized spacial score (nSPS) is 15.4. The maximum Gasteiger partial charge on any atom is 0.416 e. The topological polar surface area (TPSA) is 66.1 Å². The summed E-state index contributed by atoms with van der Waals surface area (Å²) in [5, 5.41) is -0.682. The van der Waals surface area contributed by atoms with E-state index >= 15 is 0 Å². The van der Waals surface area contributed by atoms with E-state index in [9.17, 15) is 22.8 Å². The number of aromatic nitrogens is 2. The van der Waals surface area contributed by atoms with Crippen LogP contribution in [0.2, 0.25) is 0 Å². The van der Waals surface area contributed by atoms with Crippen molar-refractivity contribution in [1.82, 2.24) is 14.9 Å². The van der Waals surface area contributed by atoms with Crippen LogP contribution < -0.4 is 5.56 Å². The molecule has 1 aromatic carbocycles. The highest BCUT2D eigenvalue weighted by molar-refractivity contribution is 6.30. The quantitative estimate of drug-likeness (QED) is 0.807. The highest BCUT2D eigenvalue weighted by Gasteiger charge is 2.30. The molecule has 0 spiro atoms. The monoisotopic (exact) mass is 399 g/mol. The lowest BCUT2D eigenvalue weighted by atomic mass is 10.0. The van der Waals surface area contributed by atoms with Crippen LogP contribution >= 0.6 is 11.6 Å². The van der Waals surface area contributed by atoms with Gasteiger partial charge in [-0.3, -0.25) is 9.59 Å². The fourth-order valence-corrected chi connectivity index (χ4v) is 3.19. The van der Waals surface area contributed by atoms with Crippen LogP contribution in [0.15, 0.2) is 29.1 Å². The van der Waals surface area contributed by atoms with Gasteiger partial charge in [-0.25, -0.2) is 4.98 Å². The molecule has 5 nitrogen and oxygen atoms in total. The third kappa shape index (κ3) is 4.32. The summed E-state index contributed by atoms with van der Waals surface area (Å²) in [5.74, 6) is 0.0401. The van der Waals surface area contributed by atoms with Crippen molar-refractivity contribution in [2.45, 2.75) is 37.9 Å². The molecule has 9 heteroatoms. The zero-order chi connectivity index (χ0) is 19.8. The van der Waals surface area contributed by atoms with Gasteiger partial charge >= 0.3 is 6.18 Å². The Morgan fingerprint density at radius 2 is 2.15 bits per heavy atom. The van der Waals surface area contributed by atoms with Crippen molar-refractivity contribution < 1.29 is 18.0 Å². The molecule has 1 N–H and O–H groups in total. The van der Waals surface area contributed by atoms with E-state index in [-0.39, 0.29) is 24.4 Å². The number of aromatic amines is 1. The number of carbonyl (C=O) groups is 1. The zero-order valence-electron chi connectivity index (χ0n) is 14.4. The Balaban J connectivity index is 1.84. The molecule has 0 saturated carbocycles. The van der Waals surface area contributed by atoms with E-state index < -0.39 is 17.1 Å². The van der Waals surface area contributed by atoms with Crippen LogP contribution in [0, 0.1) is 0 Å². The summed E-state index contributed by atoms with van der Waals surface area (Å²) < 4.78 is 38.5. The number of hydrogen-bond donors (Lipinski definition) is 1. The second kappa shape index (κ2) is 7.34. The van der Waals surface area contributed by atoms with Crippen LogP contribution in [-0.2, 0) is 30.4 Å². The number of fused-ring (bicyclic) bond motifs is 1. The second-order valence-corrected chi connectivity index (χ2v) is 7.09. The SMILES string of the molecule is C[C@@H](Cl)C(=O)N1CCc2nc(Cc3cccc(C(F)(F)F)c3)[nH]c(=O)c2C1. The summed E-state index contributed by atoms with van der Waals surface area (Å²) in [6.45, 7) is 2.08. The van der Waals surface area contributed by atoms with Gasteiger partial charge in [-0.05, 0) is 18.6 Å². The number of benzene rings is 1. The van der Waals surface area contributed by atoms with Gasteiger partial charge in [0, 0.05) is 19.4 Å². The van der Waals surface area contributed by atoms with Gasteiger partial charge in [0.25, 0.3) is 5.56 Å². The number of H-pyrrole nitrogens is 1. The van der Waals surface area contributed by atoms with Crippen molar-refractivity contribution in [3.63, 3.8) is 0 Å². The Labute approximate surface area is 158 Å². The summed E-state index contributed by atoms with van der Waals surface area (Å²) in [4.78, 5) is 32.9. The molecule has 2 aromatic rings. The molecule has 144 valence electrons. The van der Waals surface area contributed by atoms with Gasteiger partial charge < -0.3 is 9.88 Å². The first kappa shape index (κ1) is 19.4. The number of carbonyl (C=O) groups excluding carboxylic acids is 1. The first-order valence-corrected chi connectivity index (χ1v) is 8.78. The van der Waals surface area contributed by atoms with Crippen LogP contribution in [0.1, 0.15) is 35.1 Å². The summed E-state index contributed by atoms with van der Waals surface area (Å²) in [5.41, 5.74) is 0.217. The fraction of sp³-hybridized carbons (Fsp3) is 0.389. The van der Waals surface area contributed by atoms with Crippen molar-refractivity contribution in [2.75, 3.05) is 6.54 Å². The molecule has 27 heavy (non-hydrogen) atoms. The van der Waals surface area contributed by atoms with E-state index in [4.69, 9.17) is 11.6 Å². The number of hydrogen-bond acceptors (Lipinski definition) is 3. The maximum absolute atomic E-state index is 12.8. The van der Waals surface area contributed by atoms with Gasteiger partial charge in [0.15, 0.2) is 0 Å². The molecule has 1 aliphatic rings. The van der Waals surface area contributed by atoms with E-state index in [0.29, 0.717) is 35.6 Å². The number of nitrogens with one attached hydrogen (secondary N) is 1. The van der Waals surface area contributed by atoms with Crippen molar-refractivity contribution in [3.05, 3.63) is 62.8 Å². The molecule has 0 bridgehead atoms. The first-order valence-electron chi connectivity index (χ1n) is 8.35. The maximum atomic E-state index is 12.8. The molecule has 3 rings (SSSR count). The van der Waals surface area contributed by atoms with Crippen LogP contribution in [0.5, 0.6) is 0 Å². The molecule has 0 saturated heterocycles. The van der Waals surface area contributed by atoms with E-state index in [0.717, 1.165) is 12.1 Å². The minimum atomic E-state index is -4.43. The van der Waals surface area contributed by atoms with E-state index in [1.165, 1.54) is 11.0 Å². The predicted octanol–water partition coefficient (Wildman–Crippen LogP) is 2.89. The Bertz CT molecular complexity index is 925. The van der Waals surface area contributed by atoms with Gasteiger partial charge in [-0.2, -0.15) is 13.2 Å². The highest BCUT2D eigenvalue weighted by atomic mass is 35.5. The smallest absolute Gasteiger partial charge is 0.336 e. The molecule has 2 heterocycles. The summed E-state index contributed by atoms with van der Waals surface area (Å²) in [6.07, 6.45) is -3.96. The number of halogens is 4. The number of amides is 1. The first-order chi connectivity index (χ1) is 12.6. The molecular formula is C18H17ClF3N3O2. The number of alkyl halides is 4. The second-order valence-electron chi connectivity index (χ2n) is 6.44. The molecule has 0 radical (unpaired) electrons. The van der Waals surface area contributed by atoms with Crippen molar-refractivity contribution in [3.8, 4) is 0 Å². The third-order valence-corrected chi connectivity index (χ3v) is 4.58. The molecule has 0 unspecified atom stereocenters. The lowest BCUT2D eigenvalue weighted by molar-refractivity contribution is -0.137. The molecule has 0 aliphatic carbocycles. The van der Waals surface area contributed by atoms with Crippen LogP contribution in [0.4, 0.5) is 13.2 Å².